The van der Waals surface area contributed by atoms with E-state index in [0.717, 1.165) is 18.4 Å². The highest BCUT2D eigenvalue weighted by atomic mass is 16.6. The number of non-ortho nitro benzene ring substituents is 1. The van der Waals surface area contributed by atoms with Crippen molar-refractivity contribution in [3.63, 3.8) is 0 Å². The highest BCUT2D eigenvalue weighted by molar-refractivity contribution is 5.34. The van der Waals surface area contributed by atoms with E-state index in [0.29, 0.717) is 0 Å². The third kappa shape index (κ3) is 3.64. The fourth-order valence-electron chi connectivity index (χ4n) is 2.46. The molecule has 4 nitrogen and oxygen atoms in total. The van der Waals surface area contributed by atoms with Gasteiger partial charge in [0.25, 0.3) is 5.69 Å². The van der Waals surface area contributed by atoms with E-state index >= 15 is 0 Å². The Labute approximate surface area is 113 Å². The largest absolute Gasteiger partial charge is 0.366 e. The molecule has 0 heterocycles. The standard InChI is InChI=1S/C15H19NO3/c1-2-15(19-14-6-4-3-5-7-14)12-8-10-13(11-9-12)16(17)18/h2,8-11,14-15H,1,3-7H2/t15-/m1/s1. The number of nitro groups is 1. The summed E-state index contributed by atoms with van der Waals surface area (Å²) in [5, 5.41) is 10.6. The SMILES string of the molecule is C=C[C@@H](OC1CCCCC1)c1ccc([N+](=O)[O-])cc1. The van der Waals surface area contributed by atoms with E-state index in [-0.39, 0.29) is 17.9 Å². The molecule has 0 spiro atoms. The summed E-state index contributed by atoms with van der Waals surface area (Å²) in [5.41, 5.74) is 1.02. The number of benzene rings is 1. The van der Waals surface area contributed by atoms with Crippen molar-refractivity contribution in [2.75, 3.05) is 0 Å². The lowest BCUT2D eigenvalue weighted by Gasteiger charge is -2.26. The number of rotatable bonds is 5. The summed E-state index contributed by atoms with van der Waals surface area (Å²) in [6.45, 7) is 3.80. The molecule has 0 aliphatic heterocycles. The van der Waals surface area contributed by atoms with Crippen LogP contribution in [0.3, 0.4) is 0 Å². The fourth-order valence-corrected chi connectivity index (χ4v) is 2.46. The van der Waals surface area contributed by atoms with Gasteiger partial charge in [0.2, 0.25) is 0 Å². The summed E-state index contributed by atoms with van der Waals surface area (Å²) >= 11 is 0. The second kappa shape index (κ2) is 6.48. The van der Waals surface area contributed by atoms with Gasteiger partial charge in [-0.2, -0.15) is 0 Å². The second-order valence-electron chi connectivity index (χ2n) is 4.90. The zero-order valence-corrected chi connectivity index (χ0v) is 11.0. The fraction of sp³-hybridized carbons (Fsp3) is 0.467. The smallest absolute Gasteiger partial charge is 0.269 e. The molecule has 0 N–H and O–H groups in total. The predicted octanol–water partition coefficient (Wildman–Crippen LogP) is 4.17. The van der Waals surface area contributed by atoms with Crippen LogP contribution >= 0.6 is 0 Å². The minimum absolute atomic E-state index is 0.101. The molecule has 0 radical (unpaired) electrons. The van der Waals surface area contributed by atoms with Gasteiger partial charge in [-0.25, -0.2) is 0 Å². The Kier molecular flexibility index (Phi) is 4.68. The van der Waals surface area contributed by atoms with Gasteiger partial charge < -0.3 is 4.74 Å². The van der Waals surface area contributed by atoms with Gasteiger partial charge in [-0.05, 0) is 30.5 Å². The summed E-state index contributed by atoms with van der Waals surface area (Å²) in [5.74, 6) is 0. The first-order chi connectivity index (χ1) is 9.20. The summed E-state index contributed by atoms with van der Waals surface area (Å²) < 4.78 is 6.04. The van der Waals surface area contributed by atoms with Crippen molar-refractivity contribution >= 4 is 5.69 Å². The zero-order chi connectivity index (χ0) is 13.7. The average molecular weight is 261 g/mol. The Morgan fingerprint density at radius 3 is 2.42 bits per heavy atom. The van der Waals surface area contributed by atoms with Gasteiger partial charge in [0.05, 0.1) is 11.0 Å². The first kappa shape index (κ1) is 13.7. The average Bonchev–Trinajstić information content (AvgIpc) is 2.46. The molecule has 4 heteroatoms. The van der Waals surface area contributed by atoms with Crippen LogP contribution in [-0.2, 0) is 4.74 Å². The van der Waals surface area contributed by atoms with E-state index < -0.39 is 4.92 Å². The lowest BCUT2D eigenvalue weighted by atomic mass is 9.97. The van der Waals surface area contributed by atoms with Gasteiger partial charge in [-0.1, -0.05) is 25.3 Å². The molecule has 102 valence electrons. The quantitative estimate of drug-likeness (QED) is 0.454. The first-order valence-electron chi connectivity index (χ1n) is 6.73. The molecule has 1 atom stereocenters. The minimum Gasteiger partial charge on any atom is -0.366 e. The maximum Gasteiger partial charge on any atom is 0.269 e. The third-order valence-electron chi connectivity index (χ3n) is 3.54. The van der Waals surface area contributed by atoms with Crippen LogP contribution in [-0.4, -0.2) is 11.0 Å². The molecule has 2 rings (SSSR count). The van der Waals surface area contributed by atoms with E-state index in [1.54, 1.807) is 18.2 Å². The Morgan fingerprint density at radius 1 is 1.26 bits per heavy atom. The van der Waals surface area contributed by atoms with Gasteiger partial charge in [0, 0.05) is 12.1 Å². The highest BCUT2D eigenvalue weighted by Crippen LogP contribution is 2.28. The summed E-state index contributed by atoms with van der Waals surface area (Å²) in [6, 6.07) is 6.51. The highest BCUT2D eigenvalue weighted by Gasteiger charge is 2.19. The van der Waals surface area contributed by atoms with Crippen molar-refractivity contribution in [2.24, 2.45) is 0 Å². The van der Waals surface area contributed by atoms with Gasteiger partial charge >= 0.3 is 0 Å². The van der Waals surface area contributed by atoms with Gasteiger partial charge in [-0.15, -0.1) is 6.58 Å². The van der Waals surface area contributed by atoms with Crippen LogP contribution in [0.4, 0.5) is 5.69 Å². The predicted molar refractivity (Wildman–Crippen MR) is 74.0 cm³/mol. The van der Waals surface area contributed by atoms with E-state index in [2.05, 4.69) is 6.58 Å². The molecule has 1 aliphatic rings. The number of ether oxygens (including phenoxy) is 1. The second-order valence-corrected chi connectivity index (χ2v) is 4.90. The van der Waals surface area contributed by atoms with Crippen molar-refractivity contribution in [3.05, 3.63) is 52.6 Å². The molecule has 1 aromatic rings. The summed E-state index contributed by atoms with van der Waals surface area (Å²) in [4.78, 5) is 10.2. The molecule has 0 saturated heterocycles. The van der Waals surface area contributed by atoms with Crippen molar-refractivity contribution in [1.82, 2.24) is 0 Å². The van der Waals surface area contributed by atoms with Crippen LogP contribution in [0.25, 0.3) is 0 Å². The molecule has 1 aromatic carbocycles. The first-order valence-corrected chi connectivity index (χ1v) is 6.73. The monoisotopic (exact) mass is 261 g/mol. The van der Waals surface area contributed by atoms with Crippen LogP contribution in [0.15, 0.2) is 36.9 Å². The van der Waals surface area contributed by atoms with E-state index in [1.165, 1.54) is 31.4 Å². The Bertz CT molecular complexity index is 435. The normalized spacial score (nSPS) is 17.9. The number of nitro benzene ring substituents is 1. The van der Waals surface area contributed by atoms with Crippen LogP contribution in [0.2, 0.25) is 0 Å². The lowest BCUT2D eigenvalue weighted by molar-refractivity contribution is -0.384. The molecule has 0 unspecified atom stereocenters. The molecule has 1 saturated carbocycles. The number of hydrogen-bond donors (Lipinski definition) is 0. The van der Waals surface area contributed by atoms with Gasteiger partial charge in [0.1, 0.15) is 6.10 Å². The van der Waals surface area contributed by atoms with Gasteiger partial charge in [-0.3, -0.25) is 10.1 Å². The topological polar surface area (TPSA) is 52.4 Å². The zero-order valence-electron chi connectivity index (χ0n) is 11.0. The molecular weight excluding hydrogens is 242 g/mol. The Hall–Kier alpha value is -1.68. The summed E-state index contributed by atoms with van der Waals surface area (Å²) in [7, 11) is 0. The molecule has 0 amide bonds. The van der Waals surface area contributed by atoms with Crippen LogP contribution in [0.1, 0.15) is 43.8 Å². The number of nitrogens with zero attached hydrogens (tertiary/aromatic N) is 1. The molecule has 1 fully saturated rings. The summed E-state index contributed by atoms with van der Waals surface area (Å²) in [6.07, 6.45) is 7.78. The van der Waals surface area contributed by atoms with Crippen molar-refractivity contribution in [3.8, 4) is 0 Å². The van der Waals surface area contributed by atoms with Crippen LogP contribution in [0, 0.1) is 10.1 Å². The molecule has 0 bridgehead atoms. The Balaban J connectivity index is 2.03. The number of hydrogen-bond acceptors (Lipinski definition) is 3. The molecule has 1 aliphatic carbocycles. The van der Waals surface area contributed by atoms with Gasteiger partial charge in [0.15, 0.2) is 0 Å². The molecule has 19 heavy (non-hydrogen) atoms. The van der Waals surface area contributed by atoms with Crippen molar-refractivity contribution in [2.45, 2.75) is 44.3 Å². The van der Waals surface area contributed by atoms with E-state index in [1.807, 2.05) is 0 Å². The maximum absolute atomic E-state index is 10.6. The Morgan fingerprint density at radius 2 is 1.89 bits per heavy atom. The van der Waals surface area contributed by atoms with E-state index in [9.17, 15) is 10.1 Å². The van der Waals surface area contributed by atoms with Crippen LogP contribution < -0.4 is 0 Å². The van der Waals surface area contributed by atoms with Crippen molar-refractivity contribution in [1.29, 1.82) is 0 Å². The molecule has 0 aromatic heterocycles. The van der Waals surface area contributed by atoms with E-state index in [4.69, 9.17) is 4.74 Å². The lowest BCUT2D eigenvalue weighted by Crippen LogP contribution is -2.18. The van der Waals surface area contributed by atoms with Crippen molar-refractivity contribution < 1.29 is 9.66 Å². The molecular formula is C15H19NO3. The third-order valence-corrected chi connectivity index (χ3v) is 3.54. The maximum atomic E-state index is 10.6. The van der Waals surface area contributed by atoms with Crippen LogP contribution in [0.5, 0.6) is 0 Å². The minimum atomic E-state index is -0.394.